The van der Waals surface area contributed by atoms with Gasteiger partial charge in [0.05, 0.1) is 13.7 Å². The monoisotopic (exact) mass is 409 g/mol. The first-order valence-electron chi connectivity index (χ1n) is 9.87. The number of hydrogen-bond donors (Lipinski definition) is 0. The topological polar surface area (TPSA) is 77.7 Å². The van der Waals surface area contributed by atoms with Crippen LogP contribution >= 0.6 is 0 Å². The fraction of sp³-hybridized carbons (Fsp3) is 0.348. The molecule has 1 amide bonds. The molecular weight excluding hydrogens is 382 g/mol. The number of likely N-dealkylation sites (N-methyl/N-ethyl adjacent to an activating group) is 1. The quantitative estimate of drug-likeness (QED) is 0.555. The average Bonchev–Trinajstić information content (AvgIpc) is 3.22. The van der Waals surface area contributed by atoms with E-state index in [1.165, 1.54) is 10.5 Å². The van der Waals surface area contributed by atoms with Gasteiger partial charge in [0.2, 0.25) is 11.7 Å². The van der Waals surface area contributed by atoms with Gasteiger partial charge >= 0.3 is 0 Å². The van der Waals surface area contributed by atoms with Crippen molar-refractivity contribution in [2.45, 2.75) is 39.8 Å². The van der Waals surface area contributed by atoms with E-state index in [0.717, 1.165) is 11.1 Å². The van der Waals surface area contributed by atoms with E-state index in [0.29, 0.717) is 29.6 Å². The Kier molecular flexibility index (Phi) is 6.72. The molecule has 2 aromatic carbocycles. The number of ether oxygens (including phenoxy) is 2. The second-order valence-corrected chi connectivity index (χ2v) is 7.20. The smallest absolute Gasteiger partial charge is 0.263 e. The third kappa shape index (κ3) is 4.97. The largest absolute Gasteiger partial charge is 0.497 e. The van der Waals surface area contributed by atoms with Gasteiger partial charge in [-0.1, -0.05) is 30.3 Å². The van der Waals surface area contributed by atoms with Crippen LogP contribution in [-0.2, 0) is 11.3 Å². The van der Waals surface area contributed by atoms with Gasteiger partial charge in [0.15, 0.2) is 6.10 Å². The maximum atomic E-state index is 12.9. The van der Waals surface area contributed by atoms with Gasteiger partial charge in [-0.25, -0.2) is 0 Å². The molecule has 1 aromatic heterocycles. The van der Waals surface area contributed by atoms with Crippen LogP contribution in [0.2, 0.25) is 0 Å². The Morgan fingerprint density at radius 3 is 2.63 bits per heavy atom. The summed E-state index contributed by atoms with van der Waals surface area (Å²) in [4.78, 5) is 18.8. The molecule has 3 rings (SSSR count). The third-order valence-corrected chi connectivity index (χ3v) is 4.95. The summed E-state index contributed by atoms with van der Waals surface area (Å²) in [5, 5.41) is 4.01. The molecule has 0 radical (unpaired) electrons. The maximum Gasteiger partial charge on any atom is 0.263 e. The van der Waals surface area contributed by atoms with E-state index >= 15 is 0 Å². The molecule has 0 N–H and O–H groups in total. The first-order chi connectivity index (χ1) is 14.4. The van der Waals surface area contributed by atoms with E-state index in [9.17, 15) is 4.79 Å². The molecule has 0 fully saturated rings. The lowest BCUT2D eigenvalue weighted by Gasteiger charge is -2.23. The zero-order valence-electron chi connectivity index (χ0n) is 18.0. The highest BCUT2D eigenvalue weighted by molar-refractivity contribution is 5.81. The normalized spacial score (nSPS) is 11.8. The van der Waals surface area contributed by atoms with Gasteiger partial charge in [-0.15, -0.1) is 0 Å². The predicted octanol–water partition coefficient (Wildman–Crippen LogP) is 4.18. The summed E-state index contributed by atoms with van der Waals surface area (Å²) in [6, 6.07) is 13.2. The first kappa shape index (κ1) is 21.4. The van der Waals surface area contributed by atoms with Gasteiger partial charge in [-0.2, -0.15) is 4.98 Å². The zero-order chi connectivity index (χ0) is 21.7. The van der Waals surface area contributed by atoms with Gasteiger partial charge in [0.25, 0.3) is 5.91 Å². The summed E-state index contributed by atoms with van der Waals surface area (Å²) in [7, 11) is 3.30. The van der Waals surface area contributed by atoms with Crippen molar-refractivity contribution in [2.24, 2.45) is 0 Å². The van der Waals surface area contributed by atoms with Crippen molar-refractivity contribution in [1.82, 2.24) is 15.0 Å². The van der Waals surface area contributed by atoms with Gasteiger partial charge < -0.3 is 18.9 Å². The van der Waals surface area contributed by atoms with Gasteiger partial charge in [-0.3, -0.25) is 4.79 Å². The SMILES string of the molecule is CC[C@@H](Oc1ccc(C)c(C)c1)C(=O)N(C)Cc1nc(-c2cccc(OC)c2)no1. The van der Waals surface area contributed by atoms with Crippen LogP contribution in [0, 0.1) is 13.8 Å². The predicted molar refractivity (Wildman–Crippen MR) is 113 cm³/mol. The molecule has 0 aliphatic heterocycles. The Morgan fingerprint density at radius 2 is 1.93 bits per heavy atom. The van der Waals surface area contributed by atoms with Crippen molar-refractivity contribution in [1.29, 1.82) is 0 Å². The summed E-state index contributed by atoms with van der Waals surface area (Å²) < 4.78 is 16.5. The molecule has 1 heterocycles. The highest BCUT2D eigenvalue weighted by Gasteiger charge is 2.24. The van der Waals surface area contributed by atoms with Crippen LogP contribution in [0.25, 0.3) is 11.4 Å². The Morgan fingerprint density at radius 1 is 1.13 bits per heavy atom. The van der Waals surface area contributed by atoms with Crippen LogP contribution in [0.1, 0.15) is 30.4 Å². The molecule has 0 bridgehead atoms. The summed E-state index contributed by atoms with van der Waals surface area (Å²) in [6.07, 6.45) is -0.0347. The van der Waals surface area contributed by atoms with Crippen molar-refractivity contribution in [2.75, 3.05) is 14.2 Å². The molecular formula is C23H27N3O4. The van der Waals surface area contributed by atoms with Crippen LogP contribution in [-0.4, -0.2) is 41.2 Å². The fourth-order valence-electron chi connectivity index (χ4n) is 2.98. The zero-order valence-corrected chi connectivity index (χ0v) is 18.0. The molecule has 0 saturated heterocycles. The van der Waals surface area contributed by atoms with E-state index in [-0.39, 0.29) is 12.5 Å². The van der Waals surface area contributed by atoms with Gasteiger partial charge in [-0.05, 0) is 55.7 Å². The lowest BCUT2D eigenvalue weighted by molar-refractivity contribution is -0.138. The minimum atomic E-state index is -0.585. The van der Waals surface area contributed by atoms with E-state index in [1.807, 2.05) is 63.2 Å². The number of nitrogens with zero attached hydrogens (tertiary/aromatic N) is 3. The fourth-order valence-corrected chi connectivity index (χ4v) is 2.98. The molecule has 0 unspecified atom stereocenters. The second kappa shape index (κ2) is 9.43. The molecule has 0 spiro atoms. The first-order valence-corrected chi connectivity index (χ1v) is 9.87. The minimum Gasteiger partial charge on any atom is -0.497 e. The van der Waals surface area contributed by atoms with Gasteiger partial charge in [0, 0.05) is 12.6 Å². The molecule has 158 valence electrons. The minimum absolute atomic E-state index is 0.142. The van der Waals surface area contributed by atoms with Crippen molar-refractivity contribution < 1.29 is 18.8 Å². The highest BCUT2D eigenvalue weighted by atomic mass is 16.5. The number of carbonyl (C=O) groups excluding carboxylic acids is 1. The number of benzene rings is 2. The Hall–Kier alpha value is -3.35. The van der Waals surface area contributed by atoms with Crippen molar-refractivity contribution in [3.05, 3.63) is 59.5 Å². The summed E-state index contributed by atoms with van der Waals surface area (Å²) in [6.45, 7) is 6.18. The lowest BCUT2D eigenvalue weighted by Crippen LogP contribution is -2.39. The number of rotatable bonds is 8. The van der Waals surface area contributed by atoms with Crippen LogP contribution in [0.5, 0.6) is 11.5 Å². The number of aryl methyl sites for hydroxylation is 2. The van der Waals surface area contributed by atoms with Crippen LogP contribution < -0.4 is 9.47 Å². The van der Waals surface area contributed by atoms with E-state index in [4.69, 9.17) is 14.0 Å². The molecule has 30 heavy (non-hydrogen) atoms. The molecule has 0 aliphatic rings. The van der Waals surface area contributed by atoms with Crippen molar-refractivity contribution in [3.8, 4) is 22.9 Å². The molecule has 7 heteroatoms. The van der Waals surface area contributed by atoms with E-state index in [1.54, 1.807) is 14.2 Å². The lowest BCUT2D eigenvalue weighted by atomic mass is 10.1. The molecule has 0 saturated carbocycles. The standard InChI is InChI=1S/C23H27N3O4/c1-6-20(29-19-11-10-15(2)16(3)12-19)23(27)26(4)14-21-24-22(25-30-21)17-8-7-9-18(13-17)28-5/h7-13,20H,6,14H2,1-5H3/t20-/m1/s1. The van der Waals surface area contributed by atoms with Crippen LogP contribution in [0.3, 0.4) is 0 Å². The Labute approximate surface area is 176 Å². The van der Waals surface area contributed by atoms with Gasteiger partial charge in [0.1, 0.15) is 11.5 Å². The van der Waals surface area contributed by atoms with E-state index in [2.05, 4.69) is 10.1 Å². The maximum absolute atomic E-state index is 12.9. The van der Waals surface area contributed by atoms with Crippen LogP contribution in [0.4, 0.5) is 0 Å². The average molecular weight is 409 g/mol. The van der Waals surface area contributed by atoms with Crippen LogP contribution in [0.15, 0.2) is 47.0 Å². The number of hydrogen-bond acceptors (Lipinski definition) is 6. The molecule has 0 aliphatic carbocycles. The number of carbonyl (C=O) groups is 1. The Balaban J connectivity index is 1.66. The van der Waals surface area contributed by atoms with Crippen molar-refractivity contribution in [3.63, 3.8) is 0 Å². The third-order valence-electron chi connectivity index (χ3n) is 4.95. The number of amides is 1. The summed E-state index contributed by atoms with van der Waals surface area (Å²) >= 11 is 0. The Bertz CT molecular complexity index is 1020. The number of methoxy groups -OCH3 is 1. The molecule has 1 atom stereocenters. The van der Waals surface area contributed by atoms with Crippen molar-refractivity contribution >= 4 is 5.91 Å². The van der Waals surface area contributed by atoms with E-state index < -0.39 is 6.10 Å². The summed E-state index contributed by atoms with van der Waals surface area (Å²) in [5.41, 5.74) is 3.09. The molecule has 7 nitrogen and oxygen atoms in total. The molecule has 3 aromatic rings. The number of aromatic nitrogens is 2. The summed E-state index contributed by atoms with van der Waals surface area (Å²) in [5.74, 6) is 2.05. The highest BCUT2D eigenvalue weighted by Crippen LogP contribution is 2.22. The second-order valence-electron chi connectivity index (χ2n) is 7.20.